The molecule has 2 atom stereocenters. The highest BCUT2D eigenvalue weighted by atomic mass is 35.5. The van der Waals surface area contributed by atoms with Crippen molar-refractivity contribution in [1.29, 1.82) is 0 Å². The van der Waals surface area contributed by atoms with Gasteiger partial charge in [0, 0.05) is 11.9 Å². The lowest BCUT2D eigenvalue weighted by Crippen LogP contribution is -2.49. The maximum Gasteiger partial charge on any atom is 0.243 e. The Labute approximate surface area is 201 Å². The van der Waals surface area contributed by atoms with Crippen molar-refractivity contribution < 1.29 is 23.0 Å². The molecule has 11 heteroatoms. The summed E-state index contributed by atoms with van der Waals surface area (Å²) in [5.41, 5.74) is 1.74. The quantitative estimate of drug-likeness (QED) is 0.446. The average molecular weight is 503 g/mol. The molecule has 0 amide bonds. The van der Waals surface area contributed by atoms with E-state index in [1.165, 1.54) is 4.31 Å². The molecular formula is C23H23ClN4O5S. The Kier molecular flexibility index (Phi) is 5.95. The van der Waals surface area contributed by atoms with Crippen molar-refractivity contribution in [2.24, 2.45) is 0 Å². The number of rotatable bonds is 5. The first-order valence-corrected chi connectivity index (χ1v) is 12.5. The fourth-order valence-corrected chi connectivity index (χ4v) is 6.08. The third-order valence-corrected chi connectivity index (χ3v) is 8.16. The van der Waals surface area contributed by atoms with Crippen LogP contribution in [0, 0.1) is 6.92 Å². The van der Waals surface area contributed by atoms with Crippen LogP contribution in [0.1, 0.15) is 11.9 Å². The number of ether oxygens (including phenoxy) is 2. The van der Waals surface area contributed by atoms with Crippen molar-refractivity contribution >= 4 is 43.6 Å². The molecule has 2 aromatic heterocycles. The van der Waals surface area contributed by atoms with E-state index >= 15 is 0 Å². The monoisotopic (exact) mass is 502 g/mol. The molecule has 9 nitrogen and oxygen atoms in total. The van der Waals surface area contributed by atoms with E-state index in [4.69, 9.17) is 26.1 Å². The summed E-state index contributed by atoms with van der Waals surface area (Å²) in [6, 6.07) is 13.6. The minimum absolute atomic E-state index is 0.00387. The lowest BCUT2D eigenvalue weighted by molar-refractivity contribution is -0.120. The molecule has 2 aromatic carbocycles. The van der Waals surface area contributed by atoms with Crippen LogP contribution in [0.4, 0.5) is 0 Å². The van der Waals surface area contributed by atoms with Gasteiger partial charge in [-0.2, -0.15) is 9.40 Å². The summed E-state index contributed by atoms with van der Waals surface area (Å²) >= 11 is 6.76. The topological polar surface area (TPSA) is 107 Å². The second kappa shape index (κ2) is 8.79. The Balaban J connectivity index is 1.61. The molecule has 5 rings (SSSR count). The van der Waals surface area contributed by atoms with Crippen LogP contribution in [-0.2, 0) is 14.8 Å². The van der Waals surface area contributed by atoms with E-state index in [-0.39, 0.29) is 24.6 Å². The van der Waals surface area contributed by atoms with Crippen molar-refractivity contribution in [3.05, 3.63) is 59.2 Å². The summed E-state index contributed by atoms with van der Waals surface area (Å²) in [7, 11) is -2.22. The smallest absolute Gasteiger partial charge is 0.243 e. The van der Waals surface area contributed by atoms with Gasteiger partial charge in [0.05, 0.1) is 52.9 Å². The van der Waals surface area contributed by atoms with E-state index in [1.54, 1.807) is 54.3 Å². The van der Waals surface area contributed by atoms with Gasteiger partial charge in [-0.25, -0.2) is 18.1 Å². The van der Waals surface area contributed by atoms with Gasteiger partial charge in [0.2, 0.25) is 10.0 Å². The van der Waals surface area contributed by atoms with Crippen molar-refractivity contribution in [3.8, 4) is 5.75 Å². The van der Waals surface area contributed by atoms with Gasteiger partial charge in [0.15, 0.2) is 11.9 Å². The SMILES string of the molecule is COc1ccc2nc3c(c(C)nn3[C@H]3CN(S(=O)(=O)c4ccccc4)C[C@@H](CO)O3)c(Cl)c2c1. The van der Waals surface area contributed by atoms with E-state index in [9.17, 15) is 13.5 Å². The molecule has 0 aliphatic carbocycles. The Morgan fingerprint density at radius 1 is 1.21 bits per heavy atom. The number of hydrogen-bond donors (Lipinski definition) is 1. The molecule has 1 saturated heterocycles. The minimum Gasteiger partial charge on any atom is -0.497 e. The van der Waals surface area contributed by atoms with Crippen molar-refractivity contribution in [2.45, 2.75) is 24.2 Å². The summed E-state index contributed by atoms with van der Waals surface area (Å²) in [5.74, 6) is 0.656. The van der Waals surface area contributed by atoms with Crippen LogP contribution in [0.2, 0.25) is 5.02 Å². The summed E-state index contributed by atoms with van der Waals surface area (Å²) in [4.78, 5) is 4.93. The zero-order chi connectivity index (χ0) is 24.0. The molecule has 0 radical (unpaired) electrons. The Morgan fingerprint density at radius 2 is 1.97 bits per heavy atom. The summed E-state index contributed by atoms with van der Waals surface area (Å²) in [5, 5.41) is 16.3. The highest BCUT2D eigenvalue weighted by molar-refractivity contribution is 7.89. The zero-order valence-corrected chi connectivity index (χ0v) is 20.1. The second-order valence-corrected chi connectivity index (χ2v) is 10.4. The van der Waals surface area contributed by atoms with Gasteiger partial charge in [-0.1, -0.05) is 29.8 Å². The number of methoxy groups -OCH3 is 1. The molecule has 0 spiro atoms. The first-order chi connectivity index (χ1) is 16.3. The van der Waals surface area contributed by atoms with Crippen molar-refractivity contribution in [2.75, 3.05) is 26.8 Å². The number of aliphatic hydroxyl groups is 1. The van der Waals surface area contributed by atoms with Gasteiger partial charge in [-0.15, -0.1) is 0 Å². The largest absolute Gasteiger partial charge is 0.497 e. The fraction of sp³-hybridized carbons (Fsp3) is 0.304. The van der Waals surface area contributed by atoms with Crippen LogP contribution in [0.15, 0.2) is 53.4 Å². The molecule has 0 saturated carbocycles. The van der Waals surface area contributed by atoms with Gasteiger partial charge in [0.25, 0.3) is 0 Å². The summed E-state index contributed by atoms with van der Waals surface area (Å²) in [6.45, 7) is 1.50. The number of aliphatic hydroxyl groups excluding tert-OH is 1. The number of aromatic nitrogens is 3. The molecule has 0 bridgehead atoms. The molecule has 1 N–H and O–H groups in total. The molecule has 1 aliphatic rings. The maximum absolute atomic E-state index is 13.3. The van der Waals surface area contributed by atoms with E-state index < -0.39 is 22.4 Å². The number of nitrogens with zero attached hydrogens (tertiary/aromatic N) is 4. The number of aryl methyl sites for hydroxylation is 1. The number of fused-ring (bicyclic) bond motifs is 2. The number of hydrogen-bond acceptors (Lipinski definition) is 7. The molecule has 0 unspecified atom stereocenters. The van der Waals surface area contributed by atoms with E-state index in [2.05, 4.69) is 5.10 Å². The molecular weight excluding hydrogens is 480 g/mol. The van der Waals surface area contributed by atoms with Gasteiger partial charge in [0.1, 0.15) is 5.75 Å². The first kappa shape index (κ1) is 23.0. The number of sulfonamides is 1. The molecule has 178 valence electrons. The van der Waals surface area contributed by atoms with Gasteiger partial charge in [-0.05, 0) is 37.3 Å². The van der Waals surface area contributed by atoms with Crippen molar-refractivity contribution in [3.63, 3.8) is 0 Å². The Bertz CT molecular complexity index is 1480. The van der Waals surface area contributed by atoms with Crippen LogP contribution in [-0.4, -0.2) is 65.5 Å². The van der Waals surface area contributed by atoms with Crippen LogP contribution < -0.4 is 4.74 Å². The number of benzene rings is 2. The Morgan fingerprint density at radius 3 is 2.68 bits per heavy atom. The van der Waals surface area contributed by atoms with Crippen LogP contribution in [0.5, 0.6) is 5.75 Å². The van der Waals surface area contributed by atoms with E-state index in [0.29, 0.717) is 33.0 Å². The summed E-state index contributed by atoms with van der Waals surface area (Å²) in [6.07, 6.45) is -1.53. The van der Waals surface area contributed by atoms with Crippen LogP contribution in [0.3, 0.4) is 0 Å². The van der Waals surface area contributed by atoms with Gasteiger partial charge in [-0.3, -0.25) is 0 Å². The standard InChI is InChI=1S/C23H23ClN4O5S/c1-14-21-22(24)18-10-15(32-2)8-9-19(18)25-23(21)28(26-14)20-12-27(11-16(13-29)33-20)34(30,31)17-6-4-3-5-7-17/h3-10,16,20,29H,11-13H2,1-2H3/t16-,20+/m0/s1. The highest BCUT2D eigenvalue weighted by Gasteiger charge is 2.37. The molecule has 4 aromatic rings. The Hall–Kier alpha value is -2.76. The number of pyridine rings is 1. The normalized spacial score (nSPS) is 19.6. The zero-order valence-electron chi connectivity index (χ0n) is 18.6. The number of morpholine rings is 1. The molecule has 34 heavy (non-hydrogen) atoms. The van der Waals surface area contributed by atoms with Gasteiger partial charge >= 0.3 is 0 Å². The van der Waals surface area contributed by atoms with E-state index in [1.807, 2.05) is 13.0 Å². The predicted molar refractivity (Wildman–Crippen MR) is 128 cm³/mol. The number of halogens is 1. The third kappa shape index (κ3) is 3.81. The third-order valence-electron chi connectivity index (χ3n) is 5.92. The summed E-state index contributed by atoms with van der Waals surface area (Å²) < 4.78 is 40.8. The fourth-order valence-electron chi connectivity index (χ4n) is 4.22. The second-order valence-electron chi connectivity index (χ2n) is 8.07. The van der Waals surface area contributed by atoms with E-state index in [0.717, 1.165) is 5.39 Å². The molecule has 3 heterocycles. The van der Waals surface area contributed by atoms with Crippen LogP contribution >= 0.6 is 11.6 Å². The predicted octanol–water partition coefficient (Wildman–Crippen LogP) is 3.14. The van der Waals surface area contributed by atoms with Crippen LogP contribution in [0.25, 0.3) is 21.9 Å². The van der Waals surface area contributed by atoms with Gasteiger partial charge < -0.3 is 14.6 Å². The molecule has 1 aliphatic heterocycles. The molecule has 1 fully saturated rings. The average Bonchev–Trinajstić information content (AvgIpc) is 3.20. The first-order valence-electron chi connectivity index (χ1n) is 10.7. The van der Waals surface area contributed by atoms with Crippen molar-refractivity contribution in [1.82, 2.24) is 19.1 Å². The lowest BCUT2D eigenvalue weighted by atomic mass is 10.1. The maximum atomic E-state index is 13.3. The lowest BCUT2D eigenvalue weighted by Gasteiger charge is -2.36. The highest BCUT2D eigenvalue weighted by Crippen LogP contribution is 2.36. The minimum atomic E-state index is -3.80.